The summed E-state index contributed by atoms with van der Waals surface area (Å²) < 4.78 is 13.7. The van der Waals surface area contributed by atoms with Gasteiger partial charge in [-0.2, -0.15) is 0 Å². The van der Waals surface area contributed by atoms with Gasteiger partial charge < -0.3 is 14.6 Å². The number of nitrogens with zero attached hydrogens (tertiary/aromatic N) is 2. The molecule has 1 aliphatic heterocycles. The van der Waals surface area contributed by atoms with Gasteiger partial charge in [0.05, 0.1) is 44.0 Å². The Kier molecular flexibility index (Phi) is 4.56. The fourth-order valence-electron chi connectivity index (χ4n) is 2.85. The van der Waals surface area contributed by atoms with Gasteiger partial charge >= 0.3 is 0 Å². The van der Waals surface area contributed by atoms with Crippen molar-refractivity contribution in [2.75, 3.05) is 20.3 Å². The molecule has 1 aromatic heterocycles. The summed E-state index contributed by atoms with van der Waals surface area (Å²) in [6.45, 7) is 3.32. The molecular formula is C17H17ClN2O4. The quantitative estimate of drug-likeness (QED) is 0.844. The van der Waals surface area contributed by atoms with Crippen LogP contribution in [0.25, 0.3) is 11.1 Å². The lowest BCUT2D eigenvalue weighted by Gasteiger charge is -2.10. The van der Waals surface area contributed by atoms with Crippen molar-refractivity contribution in [3.63, 3.8) is 0 Å². The van der Waals surface area contributed by atoms with Crippen LogP contribution >= 0.6 is 11.6 Å². The fraction of sp³-hybridized carbons (Fsp3) is 0.353. The number of methoxy groups -OCH3 is 1. The molecule has 0 amide bonds. The summed E-state index contributed by atoms with van der Waals surface area (Å²) in [5.74, 6) is 5.95. The van der Waals surface area contributed by atoms with Crippen molar-refractivity contribution in [3.8, 4) is 34.6 Å². The molecule has 24 heavy (non-hydrogen) atoms. The molecule has 0 unspecified atom stereocenters. The van der Waals surface area contributed by atoms with Gasteiger partial charge in [-0.25, -0.2) is 9.36 Å². The molecular weight excluding hydrogens is 332 g/mol. The van der Waals surface area contributed by atoms with Gasteiger partial charge in [-0.3, -0.25) is 4.79 Å². The second-order valence-electron chi connectivity index (χ2n) is 5.27. The molecule has 0 spiro atoms. The Hall–Kier alpha value is -2.36. The van der Waals surface area contributed by atoms with Gasteiger partial charge in [-0.05, 0) is 19.1 Å². The molecule has 0 bridgehead atoms. The summed E-state index contributed by atoms with van der Waals surface area (Å²) in [5.41, 5.74) is 0.858. The third-order valence-corrected chi connectivity index (χ3v) is 4.19. The molecule has 0 saturated heterocycles. The van der Waals surface area contributed by atoms with Crippen LogP contribution in [0.2, 0.25) is 5.02 Å². The number of aromatic nitrogens is 2. The largest absolute Gasteiger partial charge is 0.496 e. The van der Waals surface area contributed by atoms with Gasteiger partial charge in [0.1, 0.15) is 11.3 Å². The zero-order valence-corrected chi connectivity index (χ0v) is 14.2. The maximum absolute atomic E-state index is 12.8. The van der Waals surface area contributed by atoms with Crippen LogP contribution in [0.3, 0.4) is 0 Å². The van der Waals surface area contributed by atoms with Gasteiger partial charge in [-0.1, -0.05) is 17.5 Å². The Bertz CT molecular complexity index is 902. The summed E-state index contributed by atoms with van der Waals surface area (Å²) in [7, 11) is 1.49. The zero-order valence-electron chi connectivity index (χ0n) is 13.4. The molecule has 3 rings (SSSR count). The highest BCUT2D eigenvalue weighted by Crippen LogP contribution is 2.40. The Morgan fingerprint density at radius 3 is 2.62 bits per heavy atom. The molecule has 2 aromatic rings. The molecule has 0 radical (unpaired) electrons. The van der Waals surface area contributed by atoms with Gasteiger partial charge in [-0.15, -0.1) is 5.92 Å². The van der Waals surface area contributed by atoms with E-state index < -0.39 is 0 Å². The Labute approximate surface area is 144 Å². The Morgan fingerprint density at radius 2 is 1.96 bits per heavy atom. The number of fused-ring (bicyclic) bond motifs is 1. The van der Waals surface area contributed by atoms with Crippen molar-refractivity contribution in [1.29, 1.82) is 0 Å². The maximum Gasteiger partial charge on any atom is 0.278 e. The third kappa shape index (κ3) is 2.66. The first-order valence-corrected chi connectivity index (χ1v) is 7.87. The van der Waals surface area contributed by atoms with E-state index in [0.29, 0.717) is 48.2 Å². The Morgan fingerprint density at radius 1 is 1.25 bits per heavy atom. The minimum Gasteiger partial charge on any atom is -0.496 e. The second kappa shape index (κ2) is 6.63. The first-order valence-electron chi connectivity index (χ1n) is 7.49. The second-order valence-corrected chi connectivity index (χ2v) is 5.68. The summed E-state index contributed by atoms with van der Waals surface area (Å²) in [6.07, 6.45) is 0. The molecule has 7 heteroatoms. The lowest BCUT2D eigenvalue weighted by atomic mass is 10.0. The van der Waals surface area contributed by atoms with E-state index in [9.17, 15) is 9.90 Å². The lowest BCUT2D eigenvalue weighted by molar-refractivity contribution is 0.137. The third-order valence-electron chi connectivity index (χ3n) is 3.90. The topological polar surface area (TPSA) is 65.6 Å². The van der Waals surface area contributed by atoms with Crippen molar-refractivity contribution >= 4 is 11.6 Å². The van der Waals surface area contributed by atoms with Crippen LogP contribution < -0.4 is 10.3 Å². The Balaban J connectivity index is 2.26. The smallest absolute Gasteiger partial charge is 0.278 e. The van der Waals surface area contributed by atoms with E-state index in [0.717, 1.165) is 0 Å². The van der Waals surface area contributed by atoms with Crippen LogP contribution in [0.5, 0.6) is 11.6 Å². The number of aromatic hydroxyl groups is 1. The highest BCUT2D eigenvalue weighted by Gasteiger charge is 2.26. The first-order chi connectivity index (χ1) is 11.6. The summed E-state index contributed by atoms with van der Waals surface area (Å²) in [6, 6.07) is 3.36. The van der Waals surface area contributed by atoms with Crippen LogP contribution in [0, 0.1) is 11.8 Å². The zero-order chi connectivity index (χ0) is 17.3. The van der Waals surface area contributed by atoms with E-state index in [2.05, 4.69) is 11.8 Å². The lowest BCUT2D eigenvalue weighted by Crippen LogP contribution is -2.23. The van der Waals surface area contributed by atoms with Gasteiger partial charge in [0.2, 0.25) is 5.88 Å². The first kappa shape index (κ1) is 16.5. The van der Waals surface area contributed by atoms with E-state index in [4.69, 9.17) is 21.1 Å². The number of halogens is 1. The molecule has 6 nitrogen and oxygen atoms in total. The molecule has 126 valence electrons. The van der Waals surface area contributed by atoms with E-state index in [1.807, 2.05) is 0 Å². The molecule has 0 fully saturated rings. The van der Waals surface area contributed by atoms with Gasteiger partial charge in [0, 0.05) is 5.56 Å². The van der Waals surface area contributed by atoms with Crippen molar-refractivity contribution < 1.29 is 14.6 Å². The van der Waals surface area contributed by atoms with E-state index >= 15 is 0 Å². The molecule has 1 aliphatic rings. The molecule has 0 saturated carbocycles. The van der Waals surface area contributed by atoms with Crippen LogP contribution in [-0.2, 0) is 17.8 Å². The van der Waals surface area contributed by atoms with Crippen molar-refractivity contribution in [1.82, 2.24) is 9.36 Å². The molecule has 0 aliphatic carbocycles. The van der Waals surface area contributed by atoms with Crippen molar-refractivity contribution in [2.24, 2.45) is 0 Å². The summed E-state index contributed by atoms with van der Waals surface area (Å²) in [4.78, 5) is 12.8. The average molecular weight is 349 g/mol. The molecule has 1 N–H and O–H groups in total. The summed E-state index contributed by atoms with van der Waals surface area (Å²) in [5, 5.41) is 10.9. The monoisotopic (exact) mass is 348 g/mol. The van der Waals surface area contributed by atoms with E-state index in [1.54, 1.807) is 19.1 Å². The van der Waals surface area contributed by atoms with Crippen molar-refractivity contribution in [3.05, 3.63) is 33.1 Å². The maximum atomic E-state index is 12.8. The van der Waals surface area contributed by atoms with Crippen LogP contribution in [0.1, 0.15) is 12.5 Å². The molecule has 2 heterocycles. The minimum absolute atomic E-state index is 0.134. The van der Waals surface area contributed by atoms with Gasteiger partial charge in [0.25, 0.3) is 5.56 Å². The standard InChI is InChI=1S/C17H17ClN2O4/c1-3-4-11-9-12(18)14(13(10-11)23-2)15-16(21)19-5-7-24-8-6-20(19)17(15)22/h9-10,21H,5-8H2,1-2H3. The van der Waals surface area contributed by atoms with E-state index in [1.165, 1.54) is 16.5 Å². The number of hydrogen-bond acceptors (Lipinski definition) is 4. The SMILES string of the molecule is CC#Cc1cc(Cl)c(-c2c(O)n3n(c2=O)CCOCC3)c(OC)c1. The van der Waals surface area contributed by atoms with Crippen LogP contribution in [-0.4, -0.2) is 34.8 Å². The minimum atomic E-state index is -0.326. The average Bonchev–Trinajstić information content (AvgIpc) is 2.75. The number of benzene rings is 1. The number of hydrogen-bond donors (Lipinski definition) is 1. The molecule has 0 atom stereocenters. The van der Waals surface area contributed by atoms with Crippen LogP contribution in [0.15, 0.2) is 16.9 Å². The normalized spacial score (nSPS) is 13.6. The van der Waals surface area contributed by atoms with Crippen LogP contribution in [0.4, 0.5) is 0 Å². The predicted molar refractivity (Wildman–Crippen MR) is 90.7 cm³/mol. The number of ether oxygens (including phenoxy) is 2. The fourth-order valence-corrected chi connectivity index (χ4v) is 3.16. The van der Waals surface area contributed by atoms with Gasteiger partial charge in [0.15, 0.2) is 0 Å². The summed E-state index contributed by atoms with van der Waals surface area (Å²) >= 11 is 6.38. The predicted octanol–water partition coefficient (Wildman–Crippen LogP) is 2.09. The molecule has 1 aromatic carbocycles. The highest BCUT2D eigenvalue weighted by molar-refractivity contribution is 6.34. The van der Waals surface area contributed by atoms with Crippen molar-refractivity contribution in [2.45, 2.75) is 20.0 Å². The number of rotatable bonds is 2. The highest BCUT2D eigenvalue weighted by atomic mass is 35.5. The van der Waals surface area contributed by atoms with E-state index in [-0.39, 0.29) is 17.0 Å².